The lowest BCUT2D eigenvalue weighted by molar-refractivity contribution is 0.0819. The standard InChI is InChI=1S/C17H28N2O2/c1-14-12-16(19-9-6-17(21-3)7-10-19)5-4-15(14)13-18-8-11-20-2/h4-5,12,17-18H,6-11,13H2,1-3H3. The van der Waals surface area contributed by atoms with Crippen molar-refractivity contribution in [3.8, 4) is 0 Å². The minimum Gasteiger partial charge on any atom is -0.383 e. The molecule has 1 aromatic rings. The number of rotatable bonds is 7. The Balaban J connectivity index is 1.89. The van der Waals surface area contributed by atoms with E-state index in [1.807, 2.05) is 7.11 Å². The van der Waals surface area contributed by atoms with Gasteiger partial charge >= 0.3 is 0 Å². The van der Waals surface area contributed by atoms with Crippen molar-refractivity contribution in [2.75, 3.05) is 45.4 Å². The van der Waals surface area contributed by atoms with E-state index < -0.39 is 0 Å². The lowest BCUT2D eigenvalue weighted by atomic mass is 10.0. The molecule has 118 valence electrons. The Kier molecular flexibility index (Phi) is 6.49. The van der Waals surface area contributed by atoms with Crippen molar-refractivity contribution in [1.82, 2.24) is 5.32 Å². The maximum absolute atomic E-state index is 5.44. The molecular weight excluding hydrogens is 264 g/mol. The van der Waals surface area contributed by atoms with Crippen molar-refractivity contribution in [2.24, 2.45) is 0 Å². The number of methoxy groups -OCH3 is 2. The quantitative estimate of drug-likeness (QED) is 0.782. The maximum atomic E-state index is 5.44. The highest BCUT2D eigenvalue weighted by atomic mass is 16.5. The summed E-state index contributed by atoms with van der Waals surface area (Å²) in [6.45, 7) is 6.92. The van der Waals surface area contributed by atoms with Gasteiger partial charge in [-0.2, -0.15) is 0 Å². The fourth-order valence-electron chi connectivity index (χ4n) is 2.82. The molecule has 2 rings (SSSR count). The topological polar surface area (TPSA) is 33.7 Å². The molecule has 0 saturated carbocycles. The molecule has 1 aliphatic heterocycles. The van der Waals surface area contributed by atoms with Gasteiger partial charge in [0.05, 0.1) is 12.7 Å². The van der Waals surface area contributed by atoms with Crippen molar-refractivity contribution in [2.45, 2.75) is 32.4 Å². The van der Waals surface area contributed by atoms with E-state index in [-0.39, 0.29) is 0 Å². The summed E-state index contributed by atoms with van der Waals surface area (Å²) < 4.78 is 10.5. The number of nitrogens with zero attached hydrogens (tertiary/aromatic N) is 1. The highest BCUT2D eigenvalue weighted by molar-refractivity contribution is 5.51. The molecule has 1 saturated heterocycles. The van der Waals surface area contributed by atoms with E-state index in [9.17, 15) is 0 Å². The first-order valence-electron chi connectivity index (χ1n) is 7.81. The summed E-state index contributed by atoms with van der Waals surface area (Å²) in [6.07, 6.45) is 2.68. The van der Waals surface area contributed by atoms with Crippen LogP contribution in [0, 0.1) is 6.92 Å². The summed E-state index contributed by atoms with van der Waals surface area (Å²) >= 11 is 0. The molecule has 4 heteroatoms. The molecule has 0 radical (unpaired) electrons. The van der Waals surface area contributed by atoms with Crippen LogP contribution in [-0.4, -0.2) is 46.6 Å². The van der Waals surface area contributed by atoms with Gasteiger partial charge in [0.15, 0.2) is 0 Å². The lowest BCUT2D eigenvalue weighted by Gasteiger charge is -2.33. The van der Waals surface area contributed by atoms with Gasteiger partial charge in [0.1, 0.15) is 0 Å². The fraction of sp³-hybridized carbons (Fsp3) is 0.647. The number of piperidine rings is 1. The average molecular weight is 292 g/mol. The first-order chi connectivity index (χ1) is 10.2. The second-order valence-electron chi connectivity index (χ2n) is 5.70. The monoisotopic (exact) mass is 292 g/mol. The van der Waals surface area contributed by atoms with Crippen LogP contribution in [-0.2, 0) is 16.0 Å². The van der Waals surface area contributed by atoms with E-state index in [2.05, 4.69) is 35.3 Å². The number of hydrogen-bond donors (Lipinski definition) is 1. The molecule has 0 aliphatic carbocycles. The third kappa shape index (κ3) is 4.70. The van der Waals surface area contributed by atoms with Crippen LogP contribution in [0.4, 0.5) is 5.69 Å². The Morgan fingerprint density at radius 2 is 2.00 bits per heavy atom. The highest BCUT2D eigenvalue weighted by Gasteiger charge is 2.19. The van der Waals surface area contributed by atoms with Gasteiger partial charge in [0, 0.05) is 46.1 Å². The predicted octanol–water partition coefficient (Wildman–Crippen LogP) is 2.35. The summed E-state index contributed by atoms with van der Waals surface area (Å²) in [7, 11) is 3.55. The number of nitrogens with one attached hydrogen (secondary N) is 1. The van der Waals surface area contributed by atoms with Crippen LogP contribution < -0.4 is 10.2 Å². The Morgan fingerprint density at radius 3 is 2.62 bits per heavy atom. The van der Waals surface area contributed by atoms with E-state index in [1.165, 1.54) is 16.8 Å². The molecular formula is C17H28N2O2. The summed E-state index contributed by atoms with van der Waals surface area (Å²) in [5.41, 5.74) is 4.05. The van der Waals surface area contributed by atoms with E-state index in [1.54, 1.807) is 7.11 Å². The molecule has 1 aliphatic rings. The van der Waals surface area contributed by atoms with Crippen molar-refractivity contribution < 1.29 is 9.47 Å². The van der Waals surface area contributed by atoms with E-state index in [0.717, 1.165) is 45.6 Å². The Hall–Kier alpha value is -1.10. The molecule has 4 nitrogen and oxygen atoms in total. The zero-order valence-corrected chi connectivity index (χ0v) is 13.5. The SMILES string of the molecule is COCCNCc1ccc(N2CCC(OC)CC2)cc1C. The van der Waals surface area contributed by atoms with Crippen LogP contribution in [0.3, 0.4) is 0 Å². The summed E-state index contributed by atoms with van der Waals surface area (Å²) in [4.78, 5) is 2.46. The molecule has 0 bridgehead atoms. The molecule has 1 N–H and O–H groups in total. The van der Waals surface area contributed by atoms with Gasteiger partial charge in [-0.25, -0.2) is 0 Å². The van der Waals surface area contributed by atoms with Crippen LogP contribution in [0.25, 0.3) is 0 Å². The molecule has 1 aromatic carbocycles. The van der Waals surface area contributed by atoms with Crippen LogP contribution in [0.2, 0.25) is 0 Å². The third-order valence-corrected chi connectivity index (χ3v) is 4.27. The molecule has 0 amide bonds. The average Bonchev–Trinajstić information content (AvgIpc) is 2.53. The van der Waals surface area contributed by atoms with Crippen molar-refractivity contribution in [3.63, 3.8) is 0 Å². The summed E-state index contributed by atoms with van der Waals surface area (Å²) in [5, 5.41) is 3.40. The predicted molar refractivity (Wildman–Crippen MR) is 87.0 cm³/mol. The number of hydrogen-bond acceptors (Lipinski definition) is 4. The molecule has 0 unspecified atom stereocenters. The number of aryl methyl sites for hydroxylation is 1. The minimum atomic E-state index is 0.437. The number of anilines is 1. The molecule has 21 heavy (non-hydrogen) atoms. The first kappa shape index (κ1) is 16.3. The number of benzene rings is 1. The molecule has 1 fully saturated rings. The highest BCUT2D eigenvalue weighted by Crippen LogP contribution is 2.23. The normalized spacial score (nSPS) is 16.4. The van der Waals surface area contributed by atoms with Crippen LogP contribution >= 0.6 is 0 Å². The van der Waals surface area contributed by atoms with Gasteiger partial charge in [0.2, 0.25) is 0 Å². The van der Waals surface area contributed by atoms with Gasteiger partial charge in [-0.05, 0) is 43.0 Å². The molecule has 0 aromatic heterocycles. The van der Waals surface area contributed by atoms with Gasteiger partial charge in [-0.15, -0.1) is 0 Å². The zero-order valence-electron chi connectivity index (χ0n) is 13.5. The van der Waals surface area contributed by atoms with Gasteiger partial charge in [-0.1, -0.05) is 6.07 Å². The van der Waals surface area contributed by atoms with E-state index >= 15 is 0 Å². The minimum absolute atomic E-state index is 0.437. The largest absolute Gasteiger partial charge is 0.383 e. The molecule has 0 spiro atoms. The summed E-state index contributed by atoms with van der Waals surface area (Å²) in [6, 6.07) is 6.79. The smallest absolute Gasteiger partial charge is 0.0605 e. The first-order valence-corrected chi connectivity index (χ1v) is 7.81. The van der Waals surface area contributed by atoms with Crippen LogP contribution in [0.5, 0.6) is 0 Å². The van der Waals surface area contributed by atoms with Crippen molar-refractivity contribution in [3.05, 3.63) is 29.3 Å². The Bertz CT molecular complexity index is 429. The van der Waals surface area contributed by atoms with Crippen LogP contribution in [0.15, 0.2) is 18.2 Å². The Labute approximate surface area is 128 Å². The van der Waals surface area contributed by atoms with E-state index in [4.69, 9.17) is 9.47 Å². The van der Waals surface area contributed by atoms with Gasteiger partial charge < -0.3 is 19.7 Å². The second-order valence-corrected chi connectivity index (χ2v) is 5.70. The van der Waals surface area contributed by atoms with Gasteiger partial charge in [-0.3, -0.25) is 0 Å². The zero-order chi connectivity index (χ0) is 15.1. The maximum Gasteiger partial charge on any atom is 0.0605 e. The molecule has 1 heterocycles. The van der Waals surface area contributed by atoms with Crippen molar-refractivity contribution >= 4 is 5.69 Å². The van der Waals surface area contributed by atoms with Gasteiger partial charge in [0.25, 0.3) is 0 Å². The third-order valence-electron chi connectivity index (χ3n) is 4.27. The lowest BCUT2D eigenvalue weighted by Crippen LogP contribution is -2.36. The second kappa shape index (κ2) is 8.37. The number of ether oxygens (including phenoxy) is 2. The summed E-state index contributed by atoms with van der Waals surface area (Å²) in [5.74, 6) is 0. The van der Waals surface area contributed by atoms with Crippen molar-refractivity contribution in [1.29, 1.82) is 0 Å². The molecule has 0 atom stereocenters. The van der Waals surface area contributed by atoms with Crippen LogP contribution in [0.1, 0.15) is 24.0 Å². The fourth-order valence-corrected chi connectivity index (χ4v) is 2.82. The Morgan fingerprint density at radius 1 is 1.24 bits per heavy atom. The van der Waals surface area contributed by atoms with E-state index in [0.29, 0.717) is 6.10 Å².